The average molecular weight is 434 g/mol. The number of rotatable bonds is 7. The summed E-state index contributed by atoms with van der Waals surface area (Å²) < 4.78 is 4.65. The maximum atomic E-state index is 12.8. The fourth-order valence-corrected chi connectivity index (χ4v) is 3.93. The van der Waals surface area contributed by atoms with E-state index in [4.69, 9.17) is 5.73 Å². The van der Waals surface area contributed by atoms with Crippen molar-refractivity contribution in [2.45, 2.75) is 38.8 Å². The van der Waals surface area contributed by atoms with Gasteiger partial charge < -0.3 is 26.2 Å². The molecule has 0 unspecified atom stereocenters. The van der Waals surface area contributed by atoms with Gasteiger partial charge in [-0.2, -0.15) is 0 Å². The SMILES string of the molecule is COC(=O)[C@H](CN)NC(=O)c1sc(C(=O)NCc2cccc(O)c2)cc1C(C)(C)C. The van der Waals surface area contributed by atoms with Crippen LogP contribution < -0.4 is 16.4 Å². The minimum absolute atomic E-state index is 0.105. The number of hydrogen-bond donors (Lipinski definition) is 4. The van der Waals surface area contributed by atoms with E-state index in [1.165, 1.54) is 7.11 Å². The Kier molecular flexibility index (Phi) is 7.58. The van der Waals surface area contributed by atoms with Gasteiger partial charge in [0, 0.05) is 13.1 Å². The van der Waals surface area contributed by atoms with E-state index in [2.05, 4.69) is 15.4 Å². The van der Waals surface area contributed by atoms with E-state index in [0.29, 0.717) is 15.3 Å². The second kappa shape index (κ2) is 9.73. The molecule has 1 heterocycles. The quantitative estimate of drug-likeness (QED) is 0.494. The van der Waals surface area contributed by atoms with E-state index in [1.54, 1.807) is 30.3 Å². The number of nitrogens with one attached hydrogen (secondary N) is 2. The lowest BCUT2D eigenvalue weighted by Crippen LogP contribution is -2.46. The van der Waals surface area contributed by atoms with Crippen LogP contribution in [0.2, 0.25) is 0 Å². The molecule has 5 N–H and O–H groups in total. The van der Waals surface area contributed by atoms with Crippen molar-refractivity contribution >= 4 is 29.1 Å². The predicted molar refractivity (Wildman–Crippen MR) is 115 cm³/mol. The van der Waals surface area contributed by atoms with Crippen molar-refractivity contribution < 1.29 is 24.2 Å². The number of aromatic hydroxyl groups is 1. The Morgan fingerprint density at radius 1 is 1.20 bits per heavy atom. The highest BCUT2D eigenvalue weighted by molar-refractivity contribution is 7.16. The molecule has 2 amide bonds. The summed E-state index contributed by atoms with van der Waals surface area (Å²) in [6.07, 6.45) is 0. The van der Waals surface area contributed by atoms with Crippen LogP contribution in [0.4, 0.5) is 0 Å². The second-order valence-corrected chi connectivity index (χ2v) is 8.79. The molecule has 30 heavy (non-hydrogen) atoms. The number of benzene rings is 1. The van der Waals surface area contributed by atoms with E-state index >= 15 is 0 Å². The van der Waals surface area contributed by atoms with Crippen LogP contribution >= 0.6 is 11.3 Å². The van der Waals surface area contributed by atoms with Crippen LogP contribution in [0, 0.1) is 0 Å². The molecule has 0 radical (unpaired) electrons. The van der Waals surface area contributed by atoms with Crippen LogP contribution in [0.5, 0.6) is 5.75 Å². The lowest BCUT2D eigenvalue weighted by molar-refractivity contribution is -0.142. The molecule has 9 heteroatoms. The molecule has 0 aliphatic carbocycles. The normalized spacial score (nSPS) is 12.2. The predicted octanol–water partition coefficient (Wildman–Crippen LogP) is 1.91. The zero-order valence-corrected chi connectivity index (χ0v) is 18.3. The molecule has 162 valence electrons. The van der Waals surface area contributed by atoms with Crippen molar-refractivity contribution in [3.05, 3.63) is 51.2 Å². The zero-order chi connectivity index (χ0) is 22.5. The highest BCUT2D eigenvalue weighted by Gasteiger charge is 2.29. The van der Waals surface area contributed by atoms with Gasteiger partial charge in [0.25, 0.3) is 11.8 Å². The summed E-state index contributed by atoms with van der Waals surface area (Å²) in [5.74, 6) is -1.34. The van der Waals surface area contributed by atoms with E-state index in [9.17, 15) is 19.5 Å². The number of methoxy groups -OCH3 is 1. The molecule has 1 aromatic carbocycles. The molecule has 8 nitrogen and oxygen atoms in total. The number of hydrogen-bond acceptors (Lipinski definition) is 7. The molecule has 0 saturated heterocycles. The van der Waals surface area contributed by atoms with Crippen LogP contribution in [0.1, 0.15) is 51.2 Å². The first-order valence-electron chi connectivity index (χ1n) is 9.36. The second-order valence-electron chi connectivity index (χ2n) is 7.74. The smallest absolute Gasteiger partial charge is 0.329 e. The van der Waals surface area contributed by atoms with Crippen LogP contribution in [0.15, 0.2) is 30.3 Å². The molecular formula is C21H27N3O5S. The summed E-state index contributed by atoms with van der Waals surface area (Å²) in [5, 5.41) is 14.9. The number of amides is 2. The van der Waals surface area contributed by atoms with E-state index in [-0.39, 0.29) is 24.7 Å². The number of phenols is 1. The Labute approximate surface area is 179 Å². The van der Waals surface area contributed by atoms with Gasteiger partial charge in [0.2, 0.25) is 0 Å². The van der Waals surface area contributed by atoms with E-state index in [0.717, 1.165) is 16.9 Å². The Morgan fingerprint density at radius 2 is 1.90 bits per heavy atom. The van der Waals surface area contributed by atoms with Gasteiger partial charge in [-0.1, -0.05) is 32.9 Å². The third-order valence-electron chi connectivity index (χ3n) is 4.36. The van der Waals surface area contributed by atoms with E-state index in [1.807, 2.05) is 20.8 Å². The number of thiophene rings is 1. The Morgan fingerprint density at radius 3 is 2.47 bits per heavy atom. The summed E-state index contributed by atoms with van der Waals surface area (Å²) in [7, 11) is 1.22. The summed E-state index contributed by atoms with van der Waals surface area (Å²) in [4.78, 5) is 38.0. The summed E-state index contributed by atoms with van der Waals surface area (Å²) in [6.45, 7) is 5.92. The molecule has 0 bridgehead atoms. The maximum absolute atomic E-state index is 12.8. The zero-order valence-electron chi connectivity index (χ0n) is 17.4. The van der Waals surface area contributed by atoms with E-state index < -0.39 is 23.3 Å². The van der Waals surface area contributed by atoms with Crippen molar-refractivity contribution in [1.29, 1.82) is 0 Å². The summed E-state index contributed by atoms with van der Waals surface area (Å²) >= 11 is 1.05. The molecule has 1 aromatic heterocycles. The van der Waals surface area contributed by atoms with Gasteiger partial charge in [0.1, 0.15) is 11.8 Å². The van der Waals surface area contributed by atoms with Crippen molar-refractivity contribution in [2.24, 2.45) is 5.73 Å². The third kappa shape index (κ3) is 5.80. The lowest BCUT2D eigenvalue weighted by atomic mass is 9.87. The number of carbonyl (C=O) groups excluding carboxylic acids is 3. The van der Waals surface area contributed by atoms with Crippen LogP contribution in [0.3, 0.4) is 0 Å². The van der Waals surface area contributed by atoms with Gasteiger partial charge >= 0.3 is 5.97 Å². The minimum atomic E-state index is -0.972. The molecule has 0 saturated carbocycles. The number of nitrogens with two attached hydrogens (primary N) is 1. The first-order valence-corrected chi connectivity index (χ1v) is 10.2. The van der Waals surface area contributed by atoms with Gasteiger partial charge in [-0.05, 0) is 34.7 Å². The highest BCUT2D eigenvalue weighted by atomic mass is 32.1. The van der Waals surface area contributed by atoms with Crippen LogP contribution in [-0.2, 0) is 21.5 Å². The fourth-order valence-electron chi connectivity index (χ4n) is 2.74. The first-order chi connectivity index (χ1) is 14.1. The van der Waals surface area contributed by atoms with Crippen molar-refractivity contribution in [1.82, 2.24) is 10.6 Å². The molecule has 2 rings (SSSR count). The standard InChI is InChI=1S/C21H27N3O5S/c1-21(2,3)14-9-16(18(26)23-11-12-6-5-7-13(25)8-12)30-17(14)19(27)24-15(10-22)20(28)29-4/h5-9,15,25H,10-11,22H2,1-4H3,(H,23,26)(H,24,27)/t15-/m0/s1. The monoisotopic (exact) mass is 433 g/mol. The number of esters is 1. The van der Waals surface area contributed by atoms with Gasteiger partial charge in [-0.25, -0.2) is 4.79 Å². The van der Waals surface area contributed by atoms with Crippen molar-refractivity contribution in [3.8, 4) is 5.75 Å². The molecule has 0 fully saturated rings. The van der Waals surface area contributed by atoms with Gasteiger partial charge in [-0.15, -0.1) is 11.3 Å². The Balaban J connectivity index is 2.24. The van der Waals surface area contributed by atoms with Crippen LogP contribution in [-0.4, -0.2) is 42.6 Å². The largest absolute Gasteiger partial charge is 0.508 e. The number of phenolic OH excluding ortho intramolecular Hbond substituents is 1. The summed E-state index contributed by atoms with van der Waals surface area (Å²) in [6, 6.07) is 7.31. The number of ether oxygens (including phenoxy) is 1. The third-order valence-corrected chi connectivity index (χ3v) is 5.49. The number of carbonyl (C=O) groups is 3. The van der Waals surface area contributed by atoms with Gasteiger partial charge in [0.15, 0.2) is 0 Å². The van der Waals surface area contributed by atoms with Crippen molar-refractivity contribution in [2.75, 3.05) is 13.7 Å². The van der Waals surface area contributed by atoms with Crippen LogP contribution in [0.25, 0.3) is 0 Å². The molecule has 1 atom stereocenters. The lowest BCUT2D eigenvalue weighted by Gasteiger charge is -2.20. The van der Waals surface area contributed by atoms with Crippen molar-refractivity contribution in [3.63, 3.8) is 0 Å². The molecule has 0 spiro atoms. The molecular weight excluding hydrogens is 406 g/mol. The molecule has 2 aromatic rings. The molecule has 0 aliphatic heterocycles. The first kappa shape index (κ1) is 23.4. The Hall–Kier alpha value is -2.91. The maximum Gasteiger partial charge on any atom is 0.329 e. The topological polar surface area (TPSA) is 131 Å². The van der Waals surface area contributed by atoms with Gasteiger partial charge in [0.05, 0.1) is 16.9 Å². The summed E-state index contributed by atoms with van der Waals surface area (Å²) in [5.41, 5.74) is 6.59. The average Bonchev–Trinajstić information content (AvgIpc) is 3.16. The minimum Gasteiger partial charge on any atom is -0.508 e. The fraction of sp³-hybridized carbons (Fsp3) is 0.381. The molecule has 0 aliphatic rings. The van der Waals surface area contributed by atoms with Gasteiger partial charge in [-0.3, -0.25) is 9.59 Å². The highest BCUT2D eigenvalue weighted by Crippen LogP contribution is 2.33. The Bertz CT molecular complexity index is 933.